The maximum atomic E-state index is 4.62. The standard InChI is InChI=1S/C5H12.CH4N2S/c1-5(2,3)4;2-1(3)4/h1-4H3;(H4,2,3,4). The lowest BCUT2D eigenvalue weighted by molar-refractivity contribution is 0.469. The summed E-state index contributed by atoms with van der Waals surface area (Å²) in [4.78, 5) is 0. The van der Waals surface area contributed by atoms with Gasteiger partial charge < -0.3 is 11.5 Å². The Morgan fingerprint density at radius 1 is 1.11 bits per heavy atom. The van der Waals surface area contributed by atoms with Gasteiger partial charge in [0.1, 0.15) is 0 Å². The smallest absolute Gasteiger partial charge is 0.160 e. The first-order chi connectivity index (χ1) is 3.73. The Balaban J connectivity index is 0. The van der Waals surface area contributed by atoms with Crippen LogP contribution in [0.3, 0.4) is 0 Å². The Bertz CT molecular complexity index is 73.5. The number of rotatable bonds is 0. The molecule has 0 saturated heterocycles. The number of thiocarbonyl (C=S) groups is 1. The summed E-state index contributed by atoms with van der Waals surface area (Å²) in [7, 11) is 0. The van der Waals surface area contributed by atoms with Gasteiger partial charge in [-0.15, -0.1) is 0 Å². The highest BCUT2D eigenvalue weighted by molar-refractivity contribution is 7.80. The lowest BCUT2D eigenvalue weighted by Crippen LogP contribution is -2.18. The average Bonchev–Trinajstić information content (AvgIpc) is 1.19. The van der Waals surface area contributed by atoms with Crippen molar-refractivity contribution in [2.45, 2.75) is 27.7 Å². The number of hydrogen-bond acceptors (Lipinski definition) is 1. The first kappa shape index (κ1) is 11.5. The Morgan fingerprint density at radius 3 is 1.11 bits per heavy atom. The van der Waals surface area contributed by atoms with Gasteiger partial charge >= 0.3 is 0 Å². The van der Waals surface area contributed by atoms with Crippen LogP contribution in [0.2, 0.25) is 0 Å². The van der Waals surface area contributed by atoms with Crippen molar-refractivity contribution in [3.05, 3.63) is 0 Å². The molecule has 0 fully saturated rings. The van der Waals surface area contributed by atoms with Crippen LogP contribution in [0.5, 0.6) is 0 Å². The predicted molar refractivity (Wildman–Crippen MR) is 46.1 cm³/mol. The fraction of sp³-hybridized carbons (Fsp3) is 0.833. The van der Waals surface area contributed by atoms with Crippen LogP contribution in [-0.2, 0) is 0 Å². The highest BCUT2D eigenvalue weighted by atomic mass is 32.1. The topological polar surface area (TPSA) is 52.0 Å². The highest BCUT2D eigenvalue weighted by Gasteiger charge is 1.95. The molecule has 2 nitrogen and oxygen atoms in total. The molecule has 0 saturated carbocycles. The summed E-state index contributed by atoms with van der Waals surface area (Å²) in [6.07, 6.45) is 0. The van der Waals surface area contributed by atoms with Crippen LogP contribution in [0.1, 0.15) is 27.7 Å². The summed E-state index contributed by atoms with van der Waals surface area (Å²) in [5.41, 5.74) is 9.74. The molecule has 0 heterocycles. The first-order valence-corrected chi connectivity index (χ1v) is 3.19. The van der Waals surface area contributed by atoms with Gasteiger partial charge in [0.25, 0.3) is 0 Å². The molecule has 3 heteroatoms. The zero-order chi connectivity index (χ0) is 8.08. The fourth-order valence-electron chi connectivity index (χ4n) is 0. The molecule has 0 unspecified atom stereocenters. The van der Waals surface area contributed by atoms with E-state index >= 15 is 0 Å². The van der Waals surface area contributed by atoms with Crippen molar-refractivity contribution in [2.24, 2.45) is 16.9 Å². The van der Waals surface area contributed by atoms with Gasteiger partial charge in [0.2, 0.25) is 0 Å². The maximum Gasteiger partial charge on any atom is 0.160 e. The van der Waals surface area contributed by atoms with Crippen molar-refractivity contribution in [2.75, 3.05) is 0 Å². The van der Waals surface area contributed by atoms with Crippen LogP contribution in [-0.4, -0.2) is 5.11 Å². The zero-order valence-corrected chi connectivity index (χ0v) is 7.38. The molecular weight excluding hydrogens is 132 g/mol. The molecule has 0 aliphatic carbocycles. The Hall–Kier alpha value is -0.310. The van der Waals surface area contributed by atoms with Crippen molar-refractivity contribution in [3.63, 3.8) is 0 Å². The quantitative estimate of drug-likeness (QED) is 0.508. The van der Waals surface area contributed by atoms with E-state index in [2.05, 4.69) is 51.4 Å². The van der Waals surface area contributed by atoms with Gasteiger partial charge in [-0.3, -0.25) is 0 Å². The summed E-state index contributed by atoms with van der Waals surface area (Å²) in [6.45, 7) is 8.75. The van der Waals surface area contributed by atoms with Crippen molar-refractivity contribution >= 4 is 17.3 Å². The van der Waals surface area contributed by atoms with E-state index in [4.69, 9.17) is 0 Å². The van der Waals surface area contributed by atoms with Crippen LogP contribution in [0, 0.1) is 5.41 Å². The maximum absolute atomic E-state index is 4.62. The van der Waals surface area contributed by atoms with Crippen LogP contribution in [0.15, 0.2) is 0 Å². The highest BCUT2D eigenvalue weighted by Crippen LogP contribution is 2.07. The third kappa shape index (κ3) is 2590. The zero-order valence-electron chi connectivity index (χ0n) is 6.56. The molecule has 0 spiro atoms. The molecule has 9 heavy (non-hydrogen) atoms. The molecular formula is C6H16N2S. The summed E-state index contributed by atoms with van der Waals surface area (Å²) < 4.78 is 0. The Morgan fingerprint density at radius 2 is 1.11 bits per heavy atom. The molecule has 0 aliphatic heterocycles. The first-order valence-electron chi connectivity index (χ1n) is 2.78. The molecule has 0 aromatic rings. The minimum absolute atomic E-state index is 0.000000000000000222. The van der Waals surface area contributed by atoms with Gasteiger partial charge in [0.05, 0.1) is 0 Å². The van der Waals surface area contributed by atoms with Crippen LogP contribution < -0.4 is 11.5 Å². The molecule has 0 bridgehead atoms. The van der Waals surface area contributed by atoms with Crippen molar-refractivity contribution in [3.8, 4) is 0 Å². The molecule has 4 N–H and O–H groups in total. The van der Waals surface area contributed by atoms with E-state index in [0.29, 0.717) is 5.41 Å². The minimum atomic E-state index is 0.000000000000000222. The second-order valence-corrected chi connectivity index (χ2v) is 3.87. The molecule has 0 amide bonds. The lowest BCUT2D eigenvalue weighted by Gasteiger charge is -2.05. The van der Waals surface area contributed by atoms with E-state index in [1.54, 1.807) is 0 Å². The lowest BCUT2D eigenvalue weighted by atomic mass is 10.0. The average molecular weight is 148 g/mol. The van der Waals surface area contributed by atoms with Gasteiger partial charge in [-0.1, -0.05) is 27.7 Å². The monoisotopic (exact) mass is 148 g/mol. The largest absolute Gasteiger partial charge is 0.377 e. The van der Waals surface area contributed by atoms with Gasteiger partial charge in [-0.05, 0) is 17.6 Å². The van der Waals surface area contributed by atoms with Gasteiger partial charge in [-0.2, -0.15) is 0 Å². The van der Waals surface area contributed by atoms with Crippen molar-refractivity contribution in [1.82, 2.24) is 0 Å². The van der Waals surface area contributed by atoms with E-state index in [-0.39, 0.29) is 5.11 Å². The number of hydrogen-bond donors (Lipinski definition) is 2. The van der Waals surface area contributed by atoms with Crippen LogP contribution >= 0.6 is 12.2 Å². The molecule has 56 valence electrons. The third-order valence-electron chi connectivity index (χ3n) is 0. The SMILES string of the molecule is CC(C)(C)C.NC(N)=S. The van der Waals surface area contributed by atoms with E-state index in [1.165, 1.54) is 0 Å². The Kier molecular flexibility index (Phi) is 5.81. The van der Waals surface area contributed by atoms with Gasteiger partial charge in [0.15, 0.2) is 5.11 Å². The summed E-state index contributed by atoms with van der Waals surface area (Å²) in [5, 5.41) is 0.000000000000000222. The Labute approximate surface area is 62.6 Å². The molecule has 0 atom stereocenters. The molecule has 0 radical (unpaired) electrons. The van der Waals surface area contributed by atoms with Crippen molar-refractivity contribution in [1.29, 1.82) is 0 Å². The molecule has 0 aromatic heterocycles. The fourth-order valence-corrected chi connectivity index (χ4v) is 0. The van der Waals surface area contributed by atoms with E-state index in [9.17, 15) is 0 Å². The second kappa shape index (κ2) is 4.56. The van der Waals surface area contributed by atoms with E-state index < -0.39 is 0 Å². The van der Waals surface area contributed by atoms with Crippen molar-refractivity contribution < 1.29 is 0 Å². The molecule has 0 aliphatic rings. The van der Waals surface area contributed by atoms with E-state index in [1.807, 2.05) is 0 Å². The molecule has 0 rings (SSSR count). The third-order valence-corrected chi connectivity index (χ3v) is 0. The molecule has 0 aromatic carbocycles. The summed E-state index contributed by atoms with van der Waals surface area (Å²) >= 11 is 4.09. The second-order valence-electron chi connectivity index (χ2n) is 3.40. The van der Waals surface area contributed by atoms with Gasteiger partial charge in [-0.25, -0.2) is 0 Å². The van der Waals surface area contributed by atoms with E-state index in [0.717, 1.165) is 0 Å². The van der Waals surface area contributed by atoms with Crippen LogP contribution in [0.25, 0.3) is 0 Å². The minimum Gasteiger partial charge on any atom is -0.377 e. The normalized spacial score (nSPS) is 9.33. The number of nitrogens with two attached hydrogens (primary N) is 2. The predicted octanol–water partition coefficient (Wildman–Crippen LogP) is 1.24. The summed E-state index contributed by atoms with van der Waals surface area (Å²) in [5.74, 6) is 0. The van der Waals surface area contributed by atoms with Gasteiger partial charge in [0, 0.05) is 0 Å². The van der Waals surface area contributed by atoms with Crippen LogP contribution in [0.4, 0.5) is 0 Å². The summed E-state index contributed by atoms with van der Waals surface area (Å²) in [6, 6.07) is 0.